The highest BCUT2D eigenvalue weighted by Gasteiger charge is 2.12. The maximum absolute atomic E-state index is 11.5. The Balaban J connectivity index is 3.71. The van der Waals surface area contributed by atoms with Crippen LogP contribution in [0.1, 0.15) is 40.5 Å². The van der Waals surface area contributed by atoms with Crippen LogP contribution in [0.3, 0.4) is 0 Å². The van der Waals surface area contributed by atoms with Crippen LogP contribution >= 0.6 is 0 Å². The number of amides is 1. The van der Waals surface area contributed by atoms with Gasteiger partial charge >= 0.3 is 0 Å². The van der Waals surface area contributed by atoms with Crippen molar-refractivity contribution in [2.24, 2.45) is 5.92 Å². The molecule has 0 radical (unpaired) electrons. The van der Waals surface area contributed by atoms with Gasteiger partial charge in [-0.15, -0.1) is 0 Å². The summed E-state index contributed by atoms with van der Waals surface area (Å²) >= 11 is 0. The highest BCUT2D eigenvalue weighted by atomic mass is 16.3. The summed E-state index contributed by atoms with van der Waals surface area (Å²) in [6.45, 7) is 9.35. The van der Waals surface area contributed by atoms with Crippen molar-refractivity contribution in [1.29, 1.82) is 0 Å². The van der Waals surface area contributed by atoms with E-state index in [2.05, 4.69) is 17.6 Å². The van der Waals surface area contributed by atoms with Gasteiger partial charge in [-0.25, -0.2) is 0 Å². The third-order valence-electron chi connectivity index (χ3n) is 2.48. The minimum Gasteiger partial charge on any atom is -0.396 e. The Hall–Kier alpha value is -0.610. The number of rotatable bonds is 7. The molecule has 0 aliphatic carbocycles. The summed E-state index contributed by atoms with van der Waals surface area (Å²) in [6, 6.07) is 0. The summed E-state index contributed by atoms with van der Waals surface area (Å²) in [7, 11) is 0. The van der Waals surface area contributed by atoms with Gasteiger partial charge in [0.15, 0.2) is 0 Å². The maximum Gasteiger partial charge on any atom is 0.233 e. The lowest BCUT2D eigenvalue weighted by Gasteiger charge is -2.20. The molecule has 0 heterocycles. The Morgan fingerprint density at radius 3 is 2.44 bits per heavy atom. The van der Waals surface area contributed by atoms with Gasteiger partial charge in [0.05, 0.1) is 6.54 Å². The van der Waals surface area contributed by atoms with Gasteiger partial charge in [-0.3, -0.25) is 4.79 Å². The number of hydrogen-bond donors (Lipinski definition) is 3. The predicted octanol–water partition coefficient (Wildman–Crippen LogP) is 0.899. The summed E-state index contributed by atoms with van der Waals surface area (Å²) in [4.78, 5) is 11.5. The van der Waals surface area contributed by atoms with Crippen LogP contribution in [0.4, 0.5) is 0 Å². The molecule has 0 aliphatic rings. The molecular formula is C12H26N2O2. The minimum atomic E-state index is -0.0351. The van der Waals surface area contributed by atoms with Gasteiger partial charge in [-0.1, -0.05) is 13.3 Å². The first kappa shape index (κ1) is 15.4. The van der Waals surface area contributed by atoms with Gasteiger partial charge in [0, 0.05) is 18.7 Å². The average Bonchev–Trinajstić information content (AvgIpc) is 2.20. The lowest BCUT2D eigenvalue weighted by atomic mass is 10.0. The Bertz CT molecular complexity index is 200. The molecule has 0 saturated heterocycles. The predicted molar refractivity (Wildman–Crippen MR) is 66.2 cm³/mol. The second-order valence-electron chi connectivity index (χ2n) is 5.19. The van der Waals surface area contributed by atoms with Crippen molar-refractivity contribution in [2.45, 2.75) is 46.1 Å². The van der Waals surface area contributed by atoms with E-state index in [4.69, 9.17) is 5.11 Å². The van der Waals surface area contributed by atoms with Crippen LogP contribution in [0.2, 0.25) is 0 Å². The third kappa shape index (κ3) is 8.68. The normalized spacial score (nSPS) is 13.6. The minimum absolute atomic E-state index is 0.0197. The SMILES string of the molecule is CCC(CCO)CNC(=O)CNC(C)(C)C. The zero-order valence-corrected chi connectivity index (χ0v) is 11.0. The number of carbonyl (C=O) groups is 1. The van der Waals surface area contributed by atoms with E-state index < -0.39 is 0 Å². The van der Waals surface area contributed by atoms with E-state index in [1.165, 1.54) is 0 Å². The summed E-state index contributed by atoms with van der Waals surface area (Å²) in [5, 5.41) is 14.8. The first-order valence-corrected chi connectivity index (χ1v) is 6.01. The van der Waals surface area contributed by atoms with E-state index >= 15 is 0 Å². The first-order chi connectivity index (χ1) is 7.39. The van der Waals surface area contributed by atoms with Crippen LogP contribution < -0.4 is 10.6 Å². The maximum atomic E-state index is 11.5. The van der Waals surface area contributed by atoms with Crippen molar-refractivity contribution in [3.05, 3.63) is 0 Å². The van der Waals surface area contributed by atoms with Crippen LogP contribution in [0, 0.1) is 5.92 Å². The monoisotopic (exact) mass is 230 g/mol. The first-order valence-electron chi connectivity index (χ1n) is 6.01. The fourth-order valence-electron chi connectivity index (χ4n) is 1.30. The summed E-state index contributed by atoms with van der Waals surface area (Å²) in [5.74, 6) is 0.398. The van der Waals surface area contributed by atoms with Crippen LogP contribution in [0.5, 0.6) is 0 Å². The van der Waals surface area contributed by atoms with Crippen molar-refractivity contribution in [3.8, 4) is 0 Å². The Morgan fingerprint density at radius 2 is 2.00 bits per heavy atom. The smallest absolute Gasteiger partial charge is 0.233 e. The number of aliphatic hydroxyl groups is 1. The summed E-state index contributed by atoms with van der Waals surface area (Å²) in [6.07, 6.45) is 1.73. The fraction of sp³-hybridized carbons (Fsp3) is 0.917. The molecule has 0 bridgehead atoms. The van der Waals surface area contributed by atoms with Crippen molar-refractivity contribution in [3.63, 3.8) is 0 Å². The van der Waals surface area contributed by atoms with E-state index in [9.17, 15) is 4.79 Å². The van der Waals surface area contributed by atoms with Crippen molar-refractivity contribution >= 4 is 5.91 Å². The molecule has 0 rings (SSSR count). The molecule has 1 amide bonds. The fourth-order valence-corrected chi connectivity index (χ4v) is 1.30. The number of aliphatic hydroxyl groups excluding tert-OH is 1. The van der Waals surface area contributed by atoms with Gasteiger partial charge in [-0.05, 0) is 33.1 Å². The number of carbonyl (C=O) groups excluding carboxylic acids is 1. The molecule has 0 fully saturated rings. The van der Waals surface area contributed by atoms with Crippen LogP contribution in [0.15, 0.2) is 0 Å². The van der Waals surface area contributed by atoms with E-state index in [0.29, 0.717) is 19.0 Å². The van der Waals surface area contributed by atoms with Crippen LogP contribution in [-0.2, 0) is 4.79 Å². The summed E-state index contributed by atoms with van der Waals surface area (Å²) in [5.41, 5.74) is -0.0351. The van der Waals surface area contributed by atoms with Crippen LogP contribution in [-0.4, -0.2) is 36.2 Å². The highest BCUT2D eigenvalue weighted by Crippen LogP contribution is 2.05. The van der Waals surface area contributed by atoms with Crippen molar-refractivity contribution < 1.29 is 9.90 Å². The van der Waals surface area contributed by atoms with Gasteiger partial charge in [0.2, 0.25) is 5.91 Å². The van der Waals surface area contributed by atoms with Gasteiger partial charge in [0.25, 0.3) is 0 Å². The molecule has 0 aromatic heterocycles. The molecule has 4 nitrogen and oxygen atoms in total. The largest absolute Gasteiger partial charge is 0.396 e. The van der Waals surface area contributed by atoms with E-state index in [1.807, 2.05) is 20.8 Å². The van der Waals surface area contributed by atoms with E-state index in [-0.39, 0.29) is 18.1 Å². The number of nitrogens with one attached hydrogen (secondary N) is 2. The molecule has 0 aromatic carbocycles. The Labute approximate surface area is 98.8 Å². The zero-order chi connectivity index (χ0) is 12.6. The molecule has 0 aromatic rings. The lowest BCUT2D eigenvalue weighted by molar-refractivity contribution is -0.120. The molecule has 0 aliphatic heterocycles. The average molecular weight is 230 g/mol. The second-order valence-corrected chi connectivity index (χ2v) is 5.19. The molecule has 1 unspecified atom stereocenters. The molecule has 0 saturated carbocycles. The molecule has 3 N–H and O–H groups in total. The van der Waals surface area contributed by atoms with Gasteiger partial charge in [0.1, 0.15) is 0 Å². The third-order valence-corrected chi connectivity index (χ3v) is 2.48. The quantitative estimate of drug-likeness (QED) is 0.609. The molecule has 4 heteroatoms. The van der Waals surface area contributed by atoms with Crippen LogP contribution in [0.25, 0.3) is 0 Å². The van der Waals surface area contributed by atoms with E-state index in [0.717, 1.165) is 12.8 Å². The van der Waals surface area contributed by atoms with Gasteiger partial charge in [-0.2, -0.15) is 0 Å². The summed E-state index contributed by atoms with van der Waals surface area (Å²) < 4.78 is 0. The number of hydrogen-bond acceptors (Lipinski definition) is 3. The molecular weight excluding hydrogens is 204 g/mol. The molecule has 1 atom stereocenters. The molecule has 0 spiro atoms. The second kappa shape index (κ2) is 7.63. The van der Waals surface area contributed by atoms with E-state index in [1.54, 1.807) is 0 Å². The van der Waals surface area contributed by atoms with Crippen molar-refractivity contribution in [2.75, 3.05) is 19.7 Å². The van der Waals surface area contributed by atoms with Crippen molar-refractivity contribution in [1.82, 2.24) is 10.6 Å². The van der Waals surface area contributed by atoms with Gasteiger partial charge < -0.3 is 15.7 Å². The topological polar surface area (TPSA) is 61.4 Å². The molecule has 96 valence electrons. The lowest BCUT2D eigenvalue weighted by Crippen LogP contribution is -2.44. The standard InChI is InChI=1S/C12H26N2O2/c1-5-10(6-7-15)8-13-11(16)9-14-12(2,3)4/h10,14-15H,5-9H2,1-4H3,(H,13,16). The molecule has 16 heavy (non-hydrogen) atoms. The Kier molecular flexibility index (Phi) is 7.34. The zero-order valence-electron chi connectivity index (χ0n) is 11.0. The Morgan fingerprint density at radius 1 is 1.38 bits per heavy atom. The highest BCUT2D eigenvalue weighted by molar-refractivity contribution is 5.78.